The molecular weight excluding hydrogens is 264 g/mol. The van der Waals surface area contributed by atoms with E-state index >= 15 is 0 Å². The monoisotopic (exact) mass is 276 g/mol. The summed E-state index contributed by atoms with van der Waals surface area (Å²) in [5, 5.41) is 9.72. The predicted molar refractivity (Wildman–Crippen MR) is 75.1 cm³/mol. The molecule has 2 aromatic rings. The summed E-state index contributed by atoms with van der Waals surface area (Å²) in [6.45, 7) is 1.93. The van der Waals surface area contributed by atoms with Gasteiger partial charge >= 0.3 is 5.97 Å². The van der Waals surface area contributed by atoms with E-state index < -0.39 is 5.97 Å². The van der Waals surface area contributed by atoms with Crippen LogP contribution in [0.15, 0.2) is 36.4 Å². The zero-order valence-electron chi connectivity index (χ0n) is 10.6. The van der Waals surface area contributed by atoms with Crippen molar-refractivity contribution >= 4 is 17.6 Å². The maximum Gasteiger partial charge on any atom is 0.339 e. The number of benzene rings is 2. The molecule has 0 amide bonds. The molecule has 0 heterocycles. The molecule has 0 fully saturated rings. The van der Waals surface area contributed by atoms with Crippen molar-refractivity contribution in [2.75, 3.05) is 7.11 Å². The molecule has 1 N–H and O–H groups in total. The van der Waals surface area contributed by atoms with E-state index in [4.69, 9.17) is 21.4 Å². The topological polar surface area (TPSA) is 46.5 Å². The van der Waals surface area contributed by atoms with Gasteiger partial charge in [0.05, 0.1) is 7.11 Å². The van der Waals surface area contributed by atoms with Gasteiger partial charge in [-0.1, -0.05) is 29.8 Å². The Hall–Kier alpha value is -2.00. The van der Waals surface area contributed by atoms with Crippen LogP contribution in [0.1, 0.15) is 15.9 Å². The molecule has 0 saturated heterocycles. The zero-order chi connectivity index (χ0) is 14.0. The normalized spacial score (nSPS) is 10.3. The molecular formula is C15H13ClO3. The summed E-state index contributed by atoms with van der Waals surface area (Å²) in [6.07, 6.45) is 0. The third-order valence-electron chi connectivity index (χ3n) is 2.94. The van der Waals surface area contributed by atoms with Crippen LogP contribution in [-0.4, -0.2) is 18.2 Å². The molecule has 0 aromatic heterocycles. The van der Waals surface area contributed by atoms with Crippen LogP contribution in [0, 0.1) is 6.92 Å². The first-order valence-electron chi connectivity index (χ1n) is 5.71. The van der Waals surface area contributed by atoms with Crippen LogP contribution in [0.25, 0.3) is 11.1 Å². The number of rotatable bonds is 3. The number of aryl methyl sites for hydroxylation is 1. The highest BCUT2D eigenvalue weighted by molar-refractivity contribution is 6.31. The van der Waals surface area contributed by atoms with Crippen molar-refractivity contribution < 1.29 is 14.6 Å². The van der Waals surface area contributed by atoms with Gasteiger partial charge in [0.2, 0.25) is 0 Å². The maximum absolute atomic E-state index is 11.0. The molecule has 0 saturated carbocycles. The second-order valence-electron chi connectivity index (χ2n) is 4.18. The minimum atomic E-state index is -1.01. The lowest BCUT2D eigenvalue weighted by atomic mass is 10.0. The van der Waals surface area contributed by atoms with Crippen molar-refractivity contribution in [3.63, 3.8) is 0 Å². The Morgan fingerprint density at radius 2 is 1.79 bits per heavy atom. The van der Waals surface area contributed by atoms with E-state index in [1.807, 2.05) is 25.1 Å². The molecule has 3 nitrogen and oxygen atoms in total. The van der Waals surface area contributed by atoms with Gasteiger partial charge in [0.1, 0.15) is 11.3 Å². The highest BCUT2D eigenvalue weighted by atomic mass is 35.5. The van der Waals surface area contributed by atoms with Crippen LogP contribution >= 0.6 is 11.6 Å². The predicted octanol–water partition coefficient (Wildman–Crippen LogP) is 4.02. The quantitative estimate of drug-likeness (QED) is 0.921. The maximum atomic E-state index is 11.0. The van der Waals surface area contributed by atoms with Gasteiger partial charge < -0.3 is 9.84 Å². The molecule has 98 valence electrons. The van der Waals surface area contributed by atoms with Gasteiger partial charge in [0.25, 0.3) is 0 Å². The minimum Gasteiger partial charge on any atom is -0.496 e. The van der Waals surface area contributed by atoms with Crippen molar-refractivity contribution in [3.8, 4) is 16.9 Å². The molecule has 2 aromatic carbocycles. The average molecular weight is 277 g/mol. The highest BCUT2D eigenvalue weighted by Gasteiger charge is 2.12. The first-order chi connectivity index (χ1) is 9.02. The van der Waals surface area contributed by atoms with Gasteiger partial charge in [-0.3, -0.25) is 0 Å². The Kier molecular flexibility index (Phi) is 3.76. The molecule has 4 heteroatoms. The Morgan fingerprint density at radius 1 is 1.16 bits per heavy atom. The first-order valence-corrected chi connectivity index (χ1v) is 6.08. The number of carbonyl (C=O) groups is 1. The van der Waals surface area contributed by atoms with Crippen LogP contribution < -0.4 is 4.74 Å². The molecule has 0 aliphatic heterocycles. The van der Waals surface area contributed by atoms with Crippen LogP contribution in [0.3, 0.4) is 0 Å². The Labute approximate surface area is 116 Å². The first kappa shape index (κ1) is 13.4. The van der Waals surface area contributed by atoms with E-state index in [0.29, 0.717) is 10.8 Å². The Balaban J connectivity index is 2.51. The van der Waals surface area contributed by atoms with E-state index in [0.717, 1.165) is 16.7 Å². The van der Waals surface area contributed by atoms with Crippen molar-refractivity contribution in [1.82, 2.24) is 0 Å². The second-order valence-corrected chi connectivity index (χ2v) is 4.59. The van der Waals surface area contributed by atoms with E-state index in [2.05, 4.69) is 0 Å². The van der Waals surface area contributed by atoms with Gasteiger partial charge in [-0.25, -0.2) is 4.79 Å². The van der Waals surface area contributed by atoms with Crippen molar-refractivity contribution in [1.29, 1.82) is 0 Å². The lowest BCUT2D eigenvalue weighted by Gasteiger charge is -2.09. The lowest BCUT2D eigenvalue weighted by molar-refractivity contribution is 0.0693. The standard InChI is InChI=1S/C15H13ClO3/c1-9-3-4-10(7-13(9)16)11-5-6-12(15(17)18)14(8-11)19-2/h3-8H,1-2H3,(H,17,18). The number of hydrogen-bond donors (Lipinski definition) is 1. The SMILES string of the molecule is COc1cc(-c2ccc(C)c(Cl)c2)ccc1C(=O)O. The molecule has 0 atom stereocenters. The molecule has 0 aliphatic rings. The zero-order valence-corrected chi connectivity index (χ0v) is 11.4. The number of hydrogen-bond acceptors (Lipinski definition) is 2. The fourth-order valence-electron chi connectivity index (χ4n) is 1.82. The number of aromatic carboxylic acids is 1. The van der Waals surface area contributed by atoms with Gasteiger partial charge in [0.15, 0.2) is 0 Å². The summed E-state index contributed by atoms with van der Waals surface area (Å²) in [4.78, 5) is 11.0. The third-order valence-corrected chi connectivity index (χ3v) is 3.34. The Bertz CT molecular complexity index is 635. The Morgan fingerprint density at radius 3 is 2.37 bits per heavy atom. The summed E-state index contributed by atoms with van der Waals surface area (Å²) in [7, 11) is 1.45. The molecule has 19 heavy (non-hydrogen) atoms. The fraction of sp³-hybridized carbons (Fsp3) is 0.133. The van der Waals surface area contributed by atoms with E-state index in [1.165, 1.54) is 13.2 Å². The largest absolute Gasteiger partial charge is 0.496 e. The number of carboxylic acid groups (broad SMARTS) is 1. The summed E-state index contributed by atoms with van der Waals surface area (Å²) < 4.78 is 5.11. The number of methoxy groups -OCH3 is 1. The van der Waals surface area contributed by atoms with Crippen LogP contribution in [-0.2, 0) is 0 Å². The van der Waals surface area contributed by atoms with Crippen molar-refractivity contribution in [2.24, 2.45) is 0 Å². The smallest absolute Gasteiger partial charge is 0.339 e. The fourth-order valence-corrected chi connectivity index (χ4v) is 2.00. The third kappa shape index (κ3) is 2.71. The number of ether oxygens (including phenoxy) is 1. The van der Waals surface area contributed by atoms with E-state index in [-0.39, 0.29) is 5.56 Å². The molecule has 0 aliphatic carbocycles. The van der Waals surface area contributed by atoms with Gasteiger partial charge in [-0.15, -0.1) is 0 Å². The second kappa shape index (κ2) is 5.33. The molecule has 0 radical (unpaired) electrons. The molecule has 2 rings (SSSR count). The summed E-state index contributed by atoms with van der Waals surface area (Å²) in [5.41, 5.74) is 2.93. The molecule has 0 unspecified atom stereocenters. The van der Waals surface area contributed by atoms with Crippen molar-refractivity contribution in [3.05, 3.63) is 52.5 Å². The molecule has 0 spiro atoms. The van der Waals surface area contributed by atoms with E-state index in [9.17, 15) is 4.79 Å². The van der Waals surface area contributed by atoms with Gasteiger partial charge in [0, 0.05) is 5.02 Å². The summed E-state index contributed by atoms with van der Waals surface area (Å²) >= 11 is 6.09. The van der Waals surface area contributed by atoms with Crippen LogP contribution in [0.5, 0.6) is 5.75 Å². The van der Waals surface area contributed by atoms with Crippen LogP contribution in [0.2, 0.25) is 5.02 Å². The number of carboxylic acids is 1. The van der Waals surface area contributed by atoms with Gasteiger partial charge in [-0.05, 0) is 41.8 Å². The summed E-state index contributed by atoms with van der Waals surface area (Å²) in [6, 6.07) is 10.7. The number of halogens is 1. The van der Waals surface area contributed by atoms with Gasteiger partial charge in [-0.2, -0.15) is 0 Å². The van der Waals surface area contributed by atoms with Crippen molar-refractivity contribution in [2.45, 2.75) is 6.92 Å². The lowest BCUT2D eigenvalue weighted by Crippen LogP contribution is -2.00. The van der Waals surface area contributed by atoms with Crippen LogP contribution in [0.4, 0.5) is 0 Å². The minimum absolute atomic E-state index is 0.143. The summed E-state index contributed by atoms with van der Waals surface area (Å²) in [5.74, 6) is -0.674. The molecule has 0 bridgehead atoms. The highest BCUT2D eigenvalue weighted by Crippen LogP contribution is 2.29. The van der Waals surface area contributed by atoms with E-state index in [1.54, 1.807) is 12.1 Å². The average Bonchev–Trinajstić information content (AvgIpc) is 2.41.